The number of pyridine rings is 1. The summed E-state index contributed by atoms with van der Waals surface area (Å²) in [5.74, 6) is 0.466. The molecule has 1 unspecified atom stereocenters. The third-order valence-electron chi connectivity index (χ3n) is 7.25. The molecule has 46 heavy (non-hydrogen) atoms. The first kappa shape index (κ1) is 32.4. The Morgan fingerprint density at radius 1 is 0.957 bits per heavy atom. The highest BCUT2D eigenvalue weighted by Crippen LogP contribution is 2.37. The van der Waals surface area contributed by atoms with Gasteiger partial charge in [0.15, 0.2) is 11.5 Å². The summed E-state index contributed by atoms with van der Waals surface area (Å²) in [6, 6.07) is 15.5. The first-order valence-electron chi connectivity index (χ1n) is 14.6. The predicted molar refractivity (Wildman–Crippen MR) is 162 cm³/mol. The number of carbonyl (C=O) groups excluding carboxylic acids is 2. The molecule has 0 bridgehead atoms. The van der Waals surface area contributed by atoms with Crippen molar-refractivity contribution in [1.82, 2.24) is 4.98 Å². The van der Waals surface area contributed by atoms with Gasteiger partial charge in [0, 0.05) is 35.3 Å². The molecular formula is C33H32F3N3O7. The second kappa shape index (κ2) is 14.4. The molecule has 5 rings (SSSR count). The van der Waals surface area contributed by atoms with Crippen LogP contribution in [0, 0.1) is 0 Å². The molecule has 0 radical (unpaired) electrons. The third-order valence-corrected chi connectivity index (χ3v) is 7.25. The number of benzene rings is 3. The molecule has 0 spiro atoms. The Morgan fingerprint density at radius 3 is 2.33 bits per heavy atom. The lowest BCUT2D eigenvalue weighted by molar-refractivity contribution is -0.274. The first-order chi connectivity index (χ1) is 22.1. The van der Waals surface area contributed by atoms with E-state index in [1.54, 1.807) is 48.7 Å². The molecule has 1 amide bonds. The van der Waals surface area contributed by atoms with Crippen molar-refractivity contribution in [1.29, 1.82) is 0 Å². The van der Waals surface area contributed by atoms with Crippen LogP contribution >= 0.6 is 0 Å². The number of hydrogen-bond acceptors (Lipinski definition) is 9. The standard InChI is InChI=1S/C33H32F3N3O7/c1-42-29-18-25-27(19-30(29)43-17-15-26(37)32(41)45-22-4-2-3-5-22)38-16-14-28(25)44-23-12-8-21(9-13-23)39-31(40)20-6-10-24(11-7-20)46-33(34,35)36/h6-14,16,18-19,22,26H,2-5,15,17,37H2,1H3,(H,39,40). The van der Waals surface area contributed by atoms with Gasteiger partial charge >= 0.3 is 12.3 Å². The average molecular weight is 640 g/mol. The van der Waals surface area contributed by atoms with Crippen LogP contribution in [0.5, 0.6) is 28.7 Å². The van der Waals surface area contributed by atoms with Crippen LogP contribution in [0.1, 0.15) is 42.5 Å². The number of ether oxygens (including phenoxy) is 5. The topological polar surface area (TPSA) is 131 Å². The number of nitrogens with two attached hydrogens (primary N) is 1. The highest BCUT2D eigenvalue weighted by Gasteiger charge is 2.31. The van der Waals surface area contributed by atoms with Crippen LogP contribution in [0.25, 0.3) is 10.9 Å². The van der Waals surface area contributed by atoms with E-state index < -0.39 is 30.0 Å². The van der Waals surface area contributed by atoms with Crippen LogP contribution in [0.4, 0.5) is 18.9 Å². The van der Waals surface area contributed by atoms with Gasteiger partial charge in [0.2, 0.25) is 0 Å². The molecule has 1 atom stereocenters. The minimum Gasteiger partial charge on any atom is -0.493 e. The number of nitrogens with one attached hydrogen (secondary N) is 1. The average Bonchev–Trinajstić information content (AvgIpc) is 3.54. The van der Waals surface area contributed by atoms with E-state index in [0.717, 1.165) is 37.8 Å². The van der Waals surface area contributed by atoms with Gasteiger partial charge in [0.05, 0.1) is 19.2 Å². The molecule has 1 saturated carbocycles. The van der Waals surface area contributed by atoms with Crippen molar-refractivity contribution in [3.63, 3.8) is 0 Å². The van der Waals surface area contributed by atoms with Crippen LogP contribution in [-0.4, -0.2) is 49.1 Å². The van der Waals surface area contributed by atoms with Gasteiger partial charge in [-0.15, -0.1) is 13.2 Å². The molecule has 1 fully saturated rings. The van der Waals surface area contributed by atoms with E-state index >= 15 is 0 Å². The van der Waals surface area contributed by atoms with Crippen LogP contribution in [0.3, 0.4) is 0 Å². The van der Waals surface area contributed by atoms with Crippen molar-refractivity contribution < 1.29 is 46.4 Å². The normalized spacial score (nSPS) is 14.0. The molecule has 0 saturated heterocycles. The number of fused-ring (bicyclic) bond motifs is 1. The van der Waals surface area contributed by atoms with Gasteiger partial charge in [-0.1, -0.05) is 0 Å². The Labute approximate surface area is 262 Å². The zero-order chi connectivity index (χ0) is 32.7. The van der Waals surface area contributed by atoms with Gasteiger partial charge < -0.3 is 34.7 Å². The molecule has 242 valence electrons. The number of aromatic nitrogens is 1. The minimum absolute atomic E-state index is 0.0502. The quantitative estimate of drug-likeness (QED) is 0.161. The van der Waals surface area contributed by atoms with E-state index in [0.29, 0.717) is 39.6 Å². The lowest BCUT2D eigenvalue weighted by Crippen LogP contribution is -2.35. The molecule has 3 N–H and O–H groups in total. The fourth-order valence-electron chi connectivity index (χ4n) is 4.91. The summed E-state index contributed by atoms with van der Waals surface area (Å²) in [5, 5.41) is 3.33. The van der Waals surface area contributed by atoms with E-state index in [1.807, 2.05) is 0 Å². The summed E-state index contributed by atoms with van der Waals surface area (Å²) in [6.45, 7) is 0.166. The molecule has 0 aliphatic heterocycles. The van der Waals surface area contributed by atoms with Crippen molar-refractivity contribution in [3.05, 3.63) is 78.5 Å². The molecule has 1 heterocycles. The van der Waals surface area contributed by atoms with Crippen molar-refractivity contribution in [2.75, 3.05) is 19.0 Å². The number of carbonyl (C=O) groups is 2. The molecular weight excluding hydrogens is 607 g/mol. The smallest absolute Gasteiger partial charge is 0.493 e. The maximum absolute atomic E-state index is 12.6. The van der Waals surface area contributed by atoms with Crippen molar-refractivity contribution >= 4 is 28.5 Å². The number of nitrogens with zero attached hydrogens (tertiary/aromatic N) is 1. The van der Waals surface area contributed by atoms with E-state index in [1.165, 1.54) is 19.2 Å². The molecule has 1 aliphatic carbocycles. The van der Waals surface area contributed by atoms with Gasteiger partial charge in [-0.3, -0.25) is 14.6 Å². The van der Waals surface area contributed by atoms with Gasteiger partial charge in [-0.05, 0) is 86.3 Å². The minimum atomic E-state index is -4.82. The van der Waals surface area contributed by atoms with Gasteiger partial charge in [-0.25, -0.2) is 0 Å². The van der Waals surface area contributed by atoms with Gasteiger partial charge in [-0.2, -0.15) is 0 Å². The third kappa shape index (κ3) is 8.57. The second-order valence-electron chi connectivity index (χ2n) is 10.6. The first-order valence-corrected chi connectivity index (χ1v) is 14.6. The largest absolute Gasteiger partial charge is 0.573 e. The maximum Gasteiger partial charge on any atom is 0.573 e. The van der Waals surface area contributed by atoms with Crippen LogP contribution in [-0.2, 0) is 9.53 Å². The van der Waals surface area contributed by atoms with E-state index in [2.05, 4.69) is 15.0 Å². The predicted octanol–water partition coefficient (Wildman–Crippen LogP) is 6.77. The lowest BCUT2D eigenvalue weighted by atomic mass is 10.1. The number of rotatable bonds is 12. The molecule has 10 nitrogen and oxygen atoms in total. The maximum atomic E-state index is 12.6. The van der Waals surface area contributed by atoms with Crippen LogP contribution < -0.4 is 30.0 Å². The molecule has 1 aliphatic rings. The number of hydrogen-bond donors (Lipinski definition) is 2. The molecule has 4 aromatic rings. The zero-order valence-corrected chi connectivity index (χ0v) is 24.8. The number of alkyl halides is 3. The summed E-state index contributed by atoms with van der Waals surface area (Å²) >= 11 is 0. The summed E-state index contributed by atoms with van der Waals surface area (Å²) in [7, 11) is 1.51. The summed E-state index contributed by atoms with van der Waals surface area (Å²) in [4.78, 5) is 29.3. The van der Waals surface area contributed by atoms with E-state index in [9.17, 15) is 22.8 Å². The van der Waals surface area contributed by atoms with Gasteiger partial charge in [0.25, 0.3) is 5.91 Å². The number of methoxy groups -OCH3 is 1. The van der Waals surface area contributed by atoms with E-state index in [-0.39, 0.29) is 24.7 Å². The summed E-state index contributed by atoms with van der Waals surface area (Å²) < 4.78 is 64.0. The SMILES string of the molecule is COc1cc2c(Oc3ccc(NC(=O)c4ccc(OC(F)(F)F)cc4)cc3)ccnc2cc1OCCC(N)C(=O)OC1CCCC1. The summed E-state index contributed by atoms with van der Waals surface area (Å²) in [6.07, 6.45) is 0.846. The Hall–Kier alpha value is -5.04. The molecule has 1 aromatic heterocycles. The Balaban J connectivity index is 1.19. The van der Waals surface area contributed by atoms with E-state index in [4.69, 9.17) is 24.7 Å². The van der Waals surface area contributed by atoms with Crippen molar-refractivity contribution in [2.45, 2.75) is 50.6 Å². The lowest BCUT2D eigenvalue weighted by Gasteiger charge is -2.17. The Morgan fingerprint density at radius 2 is 1.65 bits per heavy atom. The van der Waals surface area contributed by atoms with Gasteiger partial charge in [0.1, 0.15) is 29.4 Å². The highest BCUT2D eigenvalue weighted by molar-refractivity contribution is 6.04. The second-order valence-corrected chi connectivity index (χ2v) is 10.6. The van der Waals surface area contributed by atoms with Crippen molar-refractivity contribution in [3.8, 4) is 28.7 Å². The van der Waals surface area contributed by atoms with Crippen LogP contribution in [0.2, 0.25) is 0 Å². The van der Waals surface area contributed by atoms with Crippen LogP contribution in [0.15, 0.2) is 72.9 Å². The molecule has 3 aromatic carbocycles. The number of halogens is 3. The number of anilines is 1. The fourth-order valence-corrected chi connectivity index (χ4v) is 4.91. The highest BCUT2D eigenvalue weighted by atomic mass is 19.4. The monoisotopic (exact) mass is 639 g/mol. The number of esters is 1. The van der Waals surface area contributed by atoms with Crippen molar-refractivity contribution in [2.24, 2.45) is 5.73 Å². The Bertz CT molecular complexity index is 1660. The zero-order valence-electron chi connectivity index (χ0n) is 24.8. The molecule has 13 heteroatoms. The Kier molecular flexibility index (Phi) is 10.1. The number of amides is 1. The fraction of sp³-hybridized carbons (Fsp3) is 0.303. The summed E-state index contributed by atoms with van der Waals surface area (Å²) in [5.41, 5.74) is 7.20.